The molecule has 1 aromatic rings. The molecule has 1 unspecified atom stereocenters. The molecule has 0 fully saturated rings. The molecule has 0 aliphatic carbocycles. The Morgan fingerprint density at radius 2 is 1.95 bits per heavy atom. The molecule has 0 bridgehead atoms. The molecule has 5 heteroatoms. The van der Waals surface area contributed by atoms with Crippen molar-refractivity contribution in [1.29, 1.82) is 0 Å². The zero-order valence-electron chi connectivity index (χ0n) is 13.2. The molecule has 4 N–H and O–H groups in total. The Morgan fingerprint density at radius 3 is 2.48 bits per heavy atom. The molecule has 0 saturated carbocycles. The molecule has 116 valence electrons. The standard InChI is InChI=1S/C16H25N3O2/c1-16(2,3)9-12(10-17)15(21)19-13-7-5-6-11(8-13)14(20)18-4/h5-8,12H,9-10,17H2,1-4H3,(H,18,20)(H,19,21). The van der Waals surface area contributed by atoms with Crippen molar-refractivity contribution in [2.24, 2.45) is 17.1 Å². The van der Waals surface area contributed by atoms with E-state index in [0.29, 0.717) is 24.2 Å². The van der Waals surface area contributed by atoms with Gasteiger partial charge >= 0.3 is 0 Å². The topological polar surface area (TPSA) is 84.2 Å². The van der Waals surface area contributed by atoms with Crippen molar-refractivity contribution in [2.75, 3.05) is 18.9 Å². The summed E-state index contributed by atoms with van der Waals surface area (Å²) in [5.41, 5.74) is 6.86. The second kappa shape index (κ2) is 7.22. The van der Waals surface area contributed by atoms with Crippen LogP contribution in [0.25, 0.3) is 0 Å². The summed E-state index contributed by atoms with van der Waals surface area (Å²) in [6.45, 7) is 6.54. The Morgan fingerprint density at radius 1 is 1.29 bits per heavy atom. The minimum Gasteiger partial charge on any atom is -0.355 e. The maximum absolute atomic E-state index is 12.3. The van der Waals surface area contributed by atoms with Gasteiger partial charge in [-0.3, -0.25) is 9.59 Å². The van der Waals surface area contributed by atoms with Crippen LogP contribution in [-0.2, 0) is 4.79 Å². The minimum absolute atomic E-state index is 0.0331. The quantitative estimate of drug-likeness (QED) is 0.775. The molecule has 1 aromatic carbocycles. The first-order valence-corrected chi connectivity index (χ1v) is 7.10. The molecule has 1 atom stereocenters. The van der Waals surface area contributed by atoms with Gasteiger partial charge in [0.15, 0.2) is 0 Å². The van der Waals surface area contributed by atoms with Crippen LogP contribution in [0.4, 0.5) is 5.69 Å². The lowest BCUT2D eigenvalue weighted by Crippen LogP contribution is -2.32. The number of carbonyl (C=O) groups is 2. The first-order chi connectivity index (χ1) is 9.76. The summed E-state index contributed by atoms with van der Waals surface area (Å²) < 4.78 is 0. The Bertz CT molecular complexity index is 506. The van der Waals surface area contributed by atoms with Gasteiger partial charge in [-0.15, -0.1) is 0 Å². The van der Waals surface area contributed by atoms with Gasteiger partial charge in [0, 0.05) is 24.8 Å². The molecule has 2 amide bonds. The van der Waals surface area contributed by atoms with E-state index >= 15 is 0 Å². The lowest BCUT2D eigenvalue weighted by atomic mass is 9.84. The van der Waals surface area contributed by atoms with Crippen LogP contribution in [0.2, 0.25) is 0 Å². The monoisotopic (exact) mass is 291 g/mol. The lowest BCUT2D eigenvalue weighted by Gasteiger charge is -2.24. The zero-order valence-corrected chi connectivity index (χ0v) is 13.2. The highest BCUT2D eigenvalue weighted by Gasteiger charge is 2.23. The summed E-state index contributed by atoms with van der Waals surface area (Å²) in [4.78, 5) is 23.9. The van der Waals surface area contributed by atoms with Gasteiger partial charge in [0.2, 0.25) is 5.91 Å². The van der Waals surface area contributed by atoms with Crippen LogP contribution in [0.15, 0.2) is 24.3 Å². The van der Waals surface area contributed by atoms with Crippen molar-refractivity contribution in [3.8, 4) is 0 Å². The smallest absolute Gasteiger partial charge is 0.251 e. The number of rotatable bonds is 5. The van der Waals surface area contributed by atoms with Crippen LogP contribution >= 0.6 is 0 Å². The van der Waals surface area contributed by atoms with Gasteiger partial charge in [-0.05, 0) is 30.0 Å². The van der Waals surface area contributed by atoms with Crippen molar-refractivity contribution >= 4 is 17.5 Å². The maximum atomic E-state index is 12.3. The van der Waals surface area contributed by atoms with Crippen LogP contribution in [0.5, 0.6) is 0 Å². The van der Waals surface area contributed by atoms with Crippen LogP contribution in [0, 0.1) is 11.3 Å². The first-order valence-electron chi connectivity index (χ1n) is 7.10. The van der Waals surface area contributed by atoms with Crippen LogP contribution in [0.1, 0.15) is 37.6 Å². The molecular formula is C16H25N3O2. The summed E-state index contributed by atoms with van der Waals surface area (Å²) in [6.07, 6.45) is 0.713. The van der Waals surface area contributed by atoms with Gasteiger partial charge in [0.25, 0.3) is 5.91 Å². The van der Waals surface area contributed by atoms with Gasteiger partial charge < -0.3 is 16.4 Å². The summed E-state index contributed by atoms with van der Waals surface area (Å²) in [6, 6.07) is 6.85. The highest BCUT2D eigenvalue weighted by atomic mass is 16.2. The number of nitrogens with two attached hydrogens (primary N) is 1. The number of hydrogen-bond donors (Lipinski definition) is 3. The second-order valence-corrected chi connectivity index (χ2v) is 6.35. The number of hydrogen-bond acceptors (Lipinski definition) is 3. The van der Waals surface area contributed by atoms with Gasteiger partial charge in [-0.2, -0.15) is 0 Å². The average Bonchev–Trinajstić information content (AvgIpc) is 2.43. The molecule has 1 rings (SSSR count). The van der Waals surface area contributed by atoms with E-state index in [-0.39, 0.29) is 23.1 Å². The largest absolute Gasteiger partial charge is 0.355 e. The van der Waals surface area contributed by atoms with Crippen molar-refractivity contribution in [3.05, 3.63) is 29.8 Å². The molecule has 21 heavy (non-hydrogen) atoms. The molecule has 0 aliphatic rings. The van der Waals surface area contributed by atoms with Gasteiger partial charge in [0.1, 0.15) is 0 Å². The molecule has 0 saturated heterocycles. The van der Waals surface area contributed by atoms with E-state index in [9.17, 15) is 9.59 Å². The van der Waals surface area contributed by atoms with Crippen LogP contribution < -0.4 is 16.4 Å². The minimum atomic E-state index is -0.242. The van der Waals surface area contributed by atoms with E-state index in [0.717, 1.165) is 0 Å². The van der Waals surface area contributed by atoms with Gasteiger partial charge in [-0.1, -0.05) is 26.8 Å². The normalized spacial score (nSPS) is 12.6. The summed E-state index contributed by atoms with van der Waals surface area (Å²) in [5, 5.41) is 5.39. The number of benzene rings is 1. The fourth-order valence-corrected chi connectivity index (χ4v) is 2.15. The Hall–Kier alpha value is -1.88. The third kappa shape index (κ3) is 5.55. The first kappa shape index (κ1) is 17.2. The van der Waals surface area contributed by atoms with E-state index < -0.39 is 0 Å². The number of amides is 2. The van der Waals surface area contributed by atoms with E-state index in [2.05, 4.69) is 31.4 Å². The third-order valence-corrected chi connectivity index (χ3v) is 3.13. The highest BCUT2D eigenvalue weighted by molar-refractivity contribution is 5.97. The molecule has 0 heterocycles. The number of anilines is 1. The highest BCUT2D eigenvalue weighted by Crippen LogP contribution is 2.25. The summed E-state index contributed by atoms with van der Waals surface area (Å²) in [5.74, 6) is -0.536. The fraction of sp³-hybridized carbons (Fsp3) is 0.500. The third-order valence-electron chi connectivity index (χ3n) is 3.13. The van der Waals surface area contributed by atoms with Crippen LogP contribution in [0.3, 0.4) is 0 Å². The predicted molar refractivity (Wildman–Crippen MR) is 85.1 cm³/mol. The average molecular weight is 291 g/mol. The number of nitrogens with one attached hydrogen (secondary N) is 2. The van der Waals surface area contributed by atoms with E-state index in [1.165, 1.54) is 0 Å². The Labute approximate surface area is 126 Å². The fourth-order valence-electron chi connectivity index (χ4n) is 2.15. The van der Waals surface area contributed by atoms with Crippen LogP contribution in [-0.4, -0.2) is 25.4 Å². The summed E-state index contributed by atoms with van der Waals surface area (Å²) in [7, 11) is 1.57. The van der Waals surface area contributed by atoms with Crippen molar-refractivity contribution < 1.29 is 9.59 Å². The molecule has 0 aromatic heterocycles. The molecular weight excluding hydrogens is 266 g/mol. The van der Waals surface area contributed by atoms with Crippen molar-refractivity contribution in [2.45, 2.75) is 27.2 Å². The zero-order chi connectivity index (χ0) is 16.0. The van der Waals surface area contributed by atoms with Gasteiger partial charge in [0.05, 0.1) is 5.92 Å². The summed E-state index contributed by atoms with van der Waals surface area (Å²) >= 11 is 0. The molecule has 0 radical (unpaired) electrons. The molecule has 0 aliphatic heterocycles. The second-order valence-electron chi connectivity index (χ2n) is 6.35. The predicted octanol–water partition coefficient (Wildman–Crippen LogP) is 2.00. The maximum Gasteiger partial charge on any atom is 0.251 e. The van der Waals surface area contributed by atoms with E-state index in [1.807, 2.05) is 0 Å². The molecule has 0 spiro atoms. The van der Waals surface area contributed by atoms with Crippen molar-refractivity contribution in [3.63, 3.8) is 0 Å². The molecule has 5 nitrogen and oxygen atoms in total. The Balaban J connectivity index is 2.80. The Kier molecular flexibility index (Phi) is 5.90. The SMILES string of the molecule is CNC(=O)c1cccc(NC(=O)C(CN)CC(C)(C)C)c1. The lowest BCUT2D eigenvalue weighted by molar-refractivity contribution is -0.120. The van der Waals surface area contributed by atoms with E-state index in [1.54, 1.807) is 31.3 Å². The van der Waals surface area contributed by atoms with E-state index in [4.69, 9.17) is 5.73 Å². The van der Waals surface area contributed by atoms with Crippen molar-refractivity contribution in [1.82, 2.24) is 5.32 Å². The number of carbonyl (C=O) groups excluding carboxylic acids is 2. The van der Waals surface area contributed by atoms with Gasteiger partial charge in [-0.25, -0.2) is 0 Å².